The number of carbonyl (C=O) groups excluding carboxylic acids is 1. The van der Waals surface area contributed by atoms with E-state index in [1.807, 2.05) is 29.2 Å². The number of aromatic amines is 1. The topological polar surface area (TPSA) is 64.3 Å². The zero-order valence-electron chi connectivity index (χ0n) is 14.8. The fourth-order valence-corrected chi connectivity index (χ4v) is 3.24. The van der Waals surface area contributed by atoms with Crippen molar-refractivity contribution in [2.45, 2.75) is 6.18 Å². The third-order valence-corrected chi connectivity index (χ3v) is 4.72. The Bertz CT molecular complexity index is 959. The summed E-state index contributed by atoms with van der Waals surface area (Å²) in [6.07, 6.45) is -4.52. The Kier molecular flexibility index (Phi) is 4.58. The highest BCUT2D eigenvalue weighted by Crippen LogP contribution is 2.34. The number of rotatable bonds is 2. The molecule has 0 atom stereocenters. The van der Waals surface area contributed by atoms with Gasteiger partial charge in [-0.1, -0.05) is 24.3 Å². The molecule has 28 heavy (non-hydrogen) atoms. The van der Waals surface area contributed by atoms with Gasteiger partial charge in [-0.3, -0.25) is 0 Å². The molecule has 0 aliphatic carbocycles. The zero-order valence-corrected chi connectivity index (χ0v) is 14.8. The van der Waals surface area contributed by atoms with Crippen molar-refractivity contribution >= 4 is 28.7 Å². The van der Waals surface area contributed by atoms with Crippen molar-refractivity contribution in [2.24, 2.45) is 0 Å². The van der Waals surface area contributed by atoms with Gasteiger partial charge in [-0.2, -0.15) is 13.2 Å². The summed E-state index contributed by atoms with van der Waals surface area (Å²) in [5, 5.41) is 2.39. The van der Waals surface area contributed by atoms with Crippen LogP contribution in [-0.4, -0.2) is 47.1 Å². The second-order valence-electron chi connectivity index (χ2n) is 6.53. The fraction of sp³-hybridized carbons (Fsp3) is 0.263. The van der Waals surface area contributed by atoms with Gasteiger partial charge in [0.25, 0.3) is 0 Å². The molecule has 0 saturated carbocycles. The molecule has 3 aromatic rings. The lowest BCUT2D eigenvalue weighted by atomic mass is 10.1. The Labute approximate surface area is 159 Å². The number of amides is 2. The third-order valence-electron chi connectivity index (χ3n) is 4.72. The molecule has 1 fully saturated rings. The van der Waals surface area contributed by atoms with Crippen LogP contribution in [0.15, 0.2) is 48.5 Å². The minimum Gasteiger partial charge on any atom is -0.339 e. The zero-order chi connectivity index (χ0) is 19.7. The summed E-state index contributed by atoms with van der Waals surface area (Å²) < 4.78 is 39.3. The minimum atomic E-state index is -4.52. The van der Waals surface area contributed by atoms with Crippen molar-refractivity contribution in [3.63, 3.8) is 0 Å². The quantitative estimate of drug-likeness (QED) is 0.698. The first-order chi connectivity index (χ1) is 13.4. The third kappa shape index (κ3) is 3.60. The smallest absolute Gasteiger partial charge is 0.339 e. The lowest BCUT2D eigenvalue weighted by molar-refractivity contribution is -0.136. The largest absolute Gasteiger partial charge is 0.418 e. The van der Waals surface area contributed by atoms with E-state index in [2.05, 4.69) is 15.3 Å². The first-order valence-corrected chi connectivity index (χ1v) is 8.84. The molecule has 0 unspecified atom stereocenters. The second-order valence-corrected chi connectivity index (χ2v) is 6.53. The lowest BCUT2D eigenvalue weighted by Gasteiger charge is -2.34. The number of alkyl halides is 3. The van der Waals surface area contributed by atoms with Gasteiger partial charge in [0.1, 0.15) is 0 Å². The Hall–Kier alpha value is -3.23. The highest BCUT2D eigenvalue weighted by molar-refractivity contribution is 5.90. The van der Waals surface area contributed by atoms with Gasteiger partial charge in [-0.25, -0.2) is 9.78 Å². The molecule has 2 heterocycles. The Morgan fingerprint density at radius 3 is 2.39 bits per heavy atom. The van der Waals surface area contributed by atoms with Crippen molar-refractivity contribution in [3.05, 3.63) is 54.1 Å². The van der Waals surface area contributed by atoms with Gasteiger partial charge in [0.2, 0.25) is 5.95 Å². The number of anilines is 2. The van der Waals surface area contributed by atoms with Crippen LogP contribution in [0.4, 0.5) is 29.6 Å². The predicted octanol–water partition coefficient (Wildman–Crippen LogP) is 3.94. The summed E-state index contributed by atoms with van der Waals surface area (Å²) in [6.45, 7) is 1.84. The molecule has 1 aromatic heterocycles. The van der Waals surface area contributed by atoms with Crippen LogP contribution in [0.25, 0.3) is 11.0 Å². The molecule has 0 radical (unpaired) electrons. The minimum absolute atomic E-state index is 0.236. The molecular weight excluding hydrogens is 371 g/mol. The van der Waals surface area contributed by atoms with E-state index < -0.39 is 17.8 Å². The molecule has 1 aliphatic rings. The number of halogens is 3. The summed E-state index contributed by atoms with van der Waals surface area (Å²) in [7, 11) is 0. The van der Waals surface area contributed by atoms with Crippen molar-refractivity contribution in [1.82, 2.24) is 14.9 Å². The first kappa shape index (κ1) is 18.1. The number of nitrogens with zero attached hydrogens (tertiary/aromatic N) is 3. The van der Waals surface area contributed by atoms with Crippen LogP contribution in [-0.2, 0) is 6.18 Å². The molecule has 146 valence electrons. The molecule has 0 spiro atoms. The van der Waals surface area contributed by atoms with E-state index in [0.717, 1.165) is 23.0 Å². The monoisotopic (exact) mass is 389 g/mol. The van der Waals surface area contributed by atoms with Gasteiger partial charge >= 0.3 is 12.2 Å². The van der Waals surface area contributed by atoms with Gasteiger partial charge < -0.3 is 20.1 Å². The number of hydrogen-bond acceptors (Lipinski definition) is 3. The van der Waals surface area contributed by atoms with Crippen LogP contribution in [0.1, 0.15) is 5.56 Å². The number of aromatic nitrogens is 2. The summed E-state index contributed by atoms with van der Waals surface area (Å²) in [5.41, 5.74) is 0.701. The average molecular weight is 389 g/mol. The first-order valence-electron chi connectivity index (χ1n) is 8.84. The van der Waals surface area contributed by atoms with Crippen molar-refractivity contribution < 1.29 is 18.0 Å². The maximum atomic E-state index is 13.1. The van der Waals surface area contributed by atoms with Crippen LogP contribution >= 0.6 is 0 Å². The molecule has 1 aliphatic heterocycles. The number of piperazine rings is 1. The van der Waals surface area contributed by atoms with E-state index >= 15 is 0 Å². The number of para-hydroxylation sites is 3. The summed E-state index contributed by atoms with van der Waals surface area (Å²) >= 11 is 0. The molecule has 2 amide bonds. The summed E-state index contributed by atoms with van der Waals surface area (Å²) in [4.78, 5) is 23.7. The summed E-state index contributed by atoms with van der Waals surface area (Å²) in [5.74, 6) is 0.726. The molecule has 9 heteroatoms. The molecule has 2 N–H and O–H groups in total. The number of H-pyrrole nitrogens is 1. The number of imidazole rings is 1. The van der Waals surface area contributed by atoms with Crippen molar-refractivity contribution in [1.29, 1.82) is 0 Å². The number of fused-ring (bicyclic) bond motifs is 1. The molecule has 2 aromatic carbocycles. The highest BCUT2D eigenvalue weighted by atomic mass is 19.4. The number of urea groups is 1. The normalized spacial score (nSPS) is 15.1. The maximum absolute atomic E-state index is 13.1. The van der Waals surface area contributed by atoms with Gasteiger partial charge in [-0.05, 0) is 24.3 Å². The molecular formula is C19H18F3N5O. The highest BCUT2D eigenvalue weighted by Gasteiger charge is 2.34. The molecule has 6 nitrogen and oxygen atoms in total. The Balaban J connectivity index is 1.41. The standard InChI is InChI=1S/C19H18F3N5O/c20-19(21,22)13-5-1-2-6-14(13)25-18(28)27-11-9-26(10-12-27)17-23-15-7-3-4-8-16(15)24-17/h1-8H,9-12H2,(H,23,24)(H,25,28). The number of benzene rings is 2. The van der Waals surface area contributed by atoms with Crippen molar-refractivity contribution in [3.8, 4) is 0 Å². The SMILES string of the molecule is O=C(Nc1ccccc1C(F)(F)F)N1CCN(c2nc3ccccc3[nH]2)CC1. The molecule has 0 bridgehead atoms. The van der Waals surface area contributed by atoms with E-state index in [1.165, 1.54) is 23.1 Å². The molecule has 4 rings (SSSR count). The summed E-state index contributed by atoms with van der Waals surface area (Å²) in [6, 6.07) is 12.1. The van der Waals surface area contributed by atoms with Crippen LogP contribution in [0.5, 0.6) is 0 Å². The van der Waals surface area contributed by atoms with Crippen LogP contribution in [0.3, 0.4) is 0 Å². The Morgan fingerprint density at radius 2 is 1.68 bits per heavy atom. The van der Waals surface area contributed by atoms with E-state index in [4.69, 9.17) is 0 Å². The average Bonchev–Trinajstić information content (AvgIpc) is 3.12. The van der Waals surface area contributed by atoms with Crippen LogP contribution in [0, 0.1) is 0 Å². The number of carbonyl (C=O) groups is 1. The lowest BCUT2D eigenvalue weighted by Crippen LogP contribution is -2.50. The van der Waals surface area contributed by atoms with Crippen LogP contribution < -0.4 is 10.2 Å². The molecule has 1 saturated heterocycles. The van der Waals surface area contributed by atoms with E-state index in [0.29, 0.717) is 26.2 Å². The fourth-order valence-electron chi connectivity index (χ4n) is 3.24. The van der Waals surface area contributed by atoms with Gasteiger partial charge in [0.15, 0.2) is 0 Å². The van der Waals surface area contributed by atoms with E-state index in [9.17, 15) is 18.0 Å². The predicted molar refractivity (Wildman–Crippen MR) is 100 cm³/mol. The van der Waals surface area contributed by atoms with E-state index in [1.54, 1.807) is 0 Å². The Morgan fingerprint density at radius 1 is 1.00 bits per heavy atom. The van der Waals surface area contributed by atoms with Gasteiger partial charge in [-0.15, -0.1) is 0 Å². The second kappa shape index (κ2) is 7.06. The number of hydrogen-bond donors (Lipinski definition) is 2. The van der Waals surface area contributed by atoms with Gasteiger partial charge in [0, 0.05) is 26.2 Å². The van der Waals surface area contributed by atoms with Gasteiger partial charge in [0.05, 0.1) is 22.3 Å². The van der Waals surface area contributed by atoms with Crippen LogP contribution in [0.2, 0.25) is 0 Å². The maximum Gasteiger partial charge on any atom is 0.418 e. The van der Waals surface area contributed by atoms with Crippen molar-refractivity contribution in [2.75, 3.05) is 36.4 Å². The van der Waals surface area contributed by atoms with E-state index in [-0.39, 0.29) is 5.69 Å². The number of nitrogens with one attached hydrogen (secondary N) is 2.